The van der Waals surface area contributed by atoms with Gasteiger partial charge in [-0.15, -0.1) is 0 Å². The van der Waals surface area contributed by atoms with Crippen molar-refractivity contribution < 1.29 is 32.9 Å². The number of benzene rings is 3. The molecule has 0 N–H and O–H groups in total. The number of Topliss-reactive ketones (excluding diaryl/α,β-unsaturated/α-hetero) is 1. The van der Waals surface area contributed by atoms with Gasteiger partial charge in [0.15, 0.2) is 17.3 Å². The van der Waals surface area contributed by atoms with Gasteiger partial charge in [-0.2, -0.15) is 0 Å². The predicted octanol–water partition coefficient (Wildman–Crippen LogP) is 5.89. The van der Waals surface area contributed by atoms with Crippen LogP contribution in [-0.4, -0.2) is 91.8 Å². The molecule has 0 saturated carbocycles. The third-order valence-corrected chi connectivity index (χ3v) is 10.4. The summed E-state index contributed by atoms with van der Waals surface area (Å²) in [6.45, 7) is 6.80. The van der Waals surface area contributed by atoms with Gasteiger partial charge in [-0.05, 0) is 99.8 Å². The van der Waals surface area contributed by atoms with Gasteiger partial charge in [0.1, 0.15) is 5.82 Å². The van der Waals surface area contributed by atoms with Gasteiger partial charge in [0.05, 0.1) is 44.4 Å². The van der Waals surface area contributed by atoms with E-state index in [9.17, 15) is 14.0 Å². The molecule has 1 aromatic heterocycles. The van der Waals surface area contributed by atoms with E-state index in [0.717, 1.165) is 48.1 Å². The van der Waals surface area contributed by atoms with Crippen LogP contribution < -0.4 is 14.2 Å². The molecule has 50 heavy (non-hydrogen) atoms. The third kappa shape index (κ3) is 7.07. The number of ether oxygens (including phenoxy) is 4. The second-order valence-corrected chi connectivity index (χ2v) is 13.1. The number of nitrogens with zero attached hydrogens (tertiary/aromatic N) is 4. The smallest absolute Gasteiger partial charge is 0.233 e. The first kappa shape index (κ1) is 35.3. The number of aromatic nitrogens is 2. The molecular formula is C39H47FN4O6. The monoisotopic (exact) mass is 686 g/mol. The van der Waals surface area contributed by atoms with E-state index in [2.05, 4.69) is 4.90 Å². The SMILES string of the molecule is CCOCCn1c(C(=O)C2CCN(CCC3(c4ccc(F)cc4)CCN(Cc4cc(OC)c(OC)c(OC)c4)C3=O)CC2)nc2ccccc21. The molecule has 1 amide bonds. The number of carbonyl (C=O) groups is 2. The van der Waals surface area contributed by atoms with Crippen molar-refractivity contribution in [2.75, 3.05) is 60.7 Å². The van der Waals surface area contributed by atoms with E-state index in [0.29, 0.717) is 75.3 Å². The minimum absolute atomic E-state index is 0.0221. The quantitative estimate of drug-likeness (QED) is 0.113. The average Bonchev–Trinajstić information content (AvgIpc) is 3.67. The van der Waals surface area contributed by atoms with Crippen molar-refractivity contribution in [2.24, 2.45) is 5.92 Å². The number of piperidine rings is 1. The molecule has 3 aromatic carbocycles. The molecule has 0 spiro atoms. The van der Waals surface area contributed by atoms with Gasteiger partial charge < -0.3 is 33.3 Å². The Morgan fingerprint density at radius 3 is 2.30 bits per heavy atom. The first-order valence-corrected chi connectivity index (χ1v) is 17.5. The van der Waals surface area contributed by atoms with Crippen LogP contribution in [0.3, 0.4) is 0 Å². The standard InChI is InChI=1S/C39H47FN4O6/c1-5-50-23-22-44-32-9-7-6-8-31(32)41-37(44)35(45)28-14-18-42(19-15-28)20-16-39(29-10-12-30(40)13-11-29)17-21-43(38(39)46)26-27-24-33(47-2)36(49-4)34(25-27)48-3/h6-13,24-25,28H,5,14-23,26H2,1-4H3. The van der Waals surface area contributed by atoms with Crippen LogP contribution in [0.25, 0.3) is 11.0 Å². The van der Waals surface area contributed by atoms with Crippen LogP contribution in [0.2, 0.25) is 0 Å². The minimum atomic E-state index is -0.785. The number of fused-ring (bicyclic) bond motifs is 1. The highest BCUT2D eigenvalue weighted by atomic mass is 19.1. The number of ketones is 1. The highest BCUT2D eigenvalue weighted by molar-refractivity contribution is 5.98. The fourth-order valence-corrected chi connectivity index (χ4v) is 7.59. The van der Waals surface area contributed by atoms with Gasteiger partial charge in [0.25, 0.3) is 0 Å². The van der Waals surface area contributed by atoms with E-state index >= 15 is 0 Å². The van der Waals surface area contributed by atoms with Gasteiger partial charge in [-0.25, -0.2) is 9.37 Å². The van der Waals surface area contributed by atoms with Crippen LogP contribution in [0.5, 0.6) is 17.2 Å². The van der Waals surface area contributed by atoms with Crippen LogP contribution in [0.1, 0.15) is 54.4 Å². The Hall–Kier alpha value is -4.48. The molecule has 6 rings (SSSR count). The molecule has 2 fully saturated rings. The number of hydrogen-bond donors (Lipinski definition) is 0. The van der Waals surface area contributed by atoms with Crippen molar-refractivity contribution in [1.82, 2.24) is 19.4 Å². The third-order valence-electron chi connectivity index (χ3n) is 10.4. The first-order chi connectivity index (χ1) is 24.3. The Morgan fingerprint density at radius 2 is 1.64 bits per heavy atom. The second kappa shape index (κ2) is 15.6. The van der Waals surface area contributed by atoms with E-state index in [1.165, 1.54) is 12.1 Å². The molecule has 0 bridgehead atoms. The fourth-order valence-electron chi connectivity index (χ4n) is 7.59. The molecule has 0 radical (unpaired) electrons. The Labute approximate surface area is 293 Å². The van der Waals surface area contributed by atoms with Gasteiger partial charge >= 0.3 is 0 Å². The van der Waals surface area contributed by atoms with E-state index in [1.807, 2.05) is 52.8 Å². The van der Waals surface area contributed by atoms with Crippen molar-refractivity contribution >= 4 is 22.7 Å². The van der Waals surface area contributed by atoms with Crippen molar-refractivity contribution in [3.63, 3.8) is 0 Å². The summed E-state index contributed by atoms with van der Waals surface area (Å²) in [6.07, 6.45) is 2.65. The summed E-state index contributed by atoms with van der Waals surface area (Å²) in [5.74, 6) is 1.71. The average molecular weight is 687 g/mol. The molecule has 0 aliphatic carbocycles. The van der Waals surface area contributed by atoms with Crippen molar-refractivity contribution in [3.05, 3.63) is 83.4 Å². The lowest BCUT2D eigenvalue weighted by atomic mass is 9.75. The van der Waals surface area contributed by atoms with Crippen LogP contribution in [0.15, 0.2) is 60.7 Å². The maximum atomic E-state index is 14.4. The number of hydrogen-bond acceptors (Lipinski definition) is 8. The summed E-state index contributed by atoms with van der Waals surface area (Å²) < 4.78 is 38.2. The number of methoxy groups -OCH3 is 3. The molecule has 1 unspecified atom stereocenters. The zero-order valence-corrected chi connectivity index (χ0v) is 29.5. The summed E-state index contributed by atoms with van der Waals surface area (Å²) in [6, 6.07) is 18.0. The zero-order chi connectivity index (χ0) is 35.3. The number of amides is 1. The second-order valence-electron chi connectivity index (χ2n) is 13.1. The van der Waals surface area contributed by atoms with Crippen LogP contribution in [0.4, 0.5) is 4.39 Å². The van der Waals surface area contributed by atoms with Gasteiger partial charge in [-0.1, -0.05) is 24.3 Å². The molecule has 4 aromatic rings. The van der Waals surface area contributed by atoms with Gasteiger partial charge in [0.2, 0.25) is 17.4 Å². The van der Waals surface area contributed by atoms with E-state index < -0.39 is 5.41 Å². The number of halogens is 1. The molecule has 1 atom stereocenters. The number of imidazole rings is 1. The normalized spacial score (nSPS) is 18.6. The summed E-state index contributed by atoms with van der Waals surface area (Å²) in [5.41, 5.74) is 2.66. The van der Waals surface area contributed by atoms with Crippen molar-refractivity contribution in [1.29, 1.82) is 0 Å². The van der Waals surface area contributed by atoms with Crippen LogP contribution >= 0.6 is 0 Å². The molecule has 3 heterocycles. The number of rotatable bonds is 15. The molecule has 2 saturated heterocycles. The van der Waals surface area contributed by atoms with Gasteiger partial charge in [0, 0.05) is 32.2 Å². The Kier molecular flexibility index (Phi) is 11.0. The van der Waals surface area contributed by atoms with E-state index in [1.54, 1.807) is 33.5 Å². The molecular weight excluding hydrogens is 639 g/mol. The molecule has 266 valence electrons. The zero-order valence-electron chi connectivity index (χ0n) is 29.5. The first-order valence-electron chi connectivity index (χ1n) is 17.5. The number of carbonyl (C=O) groups excluding carboxylic acids is 2. The highest BCUT2D eigenvalue weighted by Crippen LogP contribution is 2.42. The lowest BCUT2D eigenvalue weighted by molar-refractivity contribution is -0.133. The minimum Gasteiger partial charge on any atom is -0.493 e. The number of para-hydroxylation sites is 2. The van der Waals surface area contributed by atoms with Crippen molar-refractivity contribution in [2.45, 2.75) is 51.1 Å². The largest absolute Gasteiger partial charge is 0.493 e. The van der Waals surface area contributed by atoms with Crippen LogP contribution in [0, 0.1) is 11.7 Å². The molecule has 2 aliphatic heterocycles. The number of likely N-dealkylation sites (tertiary alicyclic amines) is 2. The molecule has 2 aliphatic rings. The lowest BCUT2D eigenvalue weighted by Crippen LogP contribution is -2.43. The van der Waals surface area contributed by atoms with E-state index in [-0.39, 0.29) is 23.4 Å². The highest BCUT2D eigenvalue weighted by Gasteiger charge is 2.48. The van der Waals surface area contributed by atoms with E-state index in [4.69, 9.17) is 23.9 Å². The summed E-state index contributed by atoms with van der Waals surface area (Å²) in [7, 11) is 4.70. The maximum absolute atomic E-state index is 14.4. The summed E-state index contributed by atoms with van der Waals surface area (Å²) >= 11 is 0. The topological polar surface area (TPSA) is 95.4 Å². The molecule has 11 heteroatoms. The van der Waals surface area contributed by atoms with Gasteiger partial charge in [-0.3, -0.25) is 9.59 Å². The van der Waals surface area contributed by atoms with Crippen molar-refractivity contribution in [3.8, 4) is 17.2 Å². The Morgan fingerprint density at radius 1 is 0.940 bits per heavy atom. The Bertz CT molecular complexity index is 1780. The maximum Gasteiger partial charge on any atom is 0.233 e. The predicted molar refractivity (Wildman–Crippen MR) is 189 cm³/mol. The fraction of sp³-hybridized carbons (Fsp3) is 0.462. The molecule has 10 nitrogen and oxygen atoms in total. The van der Waals surface area contributed by atoms with Crippen LogP contribution in [-0.2, 0) is 28.0 Å². The summed E-state index contributed by atoms with van der Waals surface area (Å²) in [5, 5.41) is 0. The Balaban J connectivity index is 1.15. The lowest BCUT2D eigenvalue weighted by Gasteiger charge is -2.35. The summed E-state index contributed by atoms with van der Waals surface area (Å²) in [4.78, 5) is 37.2.